The molecule has 0 fully saturated rings. The zero-order valence-electron chi connectivity index (χ0n) is 22.2. The molecule has 0 spiro atoms. The molecule has 0 saturated carbocycles. The van der Waals surface area contributed by atoms with Gasteiger partial charge in [0.1, 0.15) is 5.75 Å². The smallest absolute Gasteiger partial charge is 0.118 e. The average molecular weight is 475 g/mol. The lowest BCUT2D eigenvalue weighted by molar-refractivity contribution is 0.206. The van der Waals surface area contributed by atoms with E-state index in [1.54, 1.807) is 7.11 Å². The summed E-state index contributed by atoms with van der Waals surface area (Å²) in [6.45, 7) is 4.59. The minimum absolute atomic E-state index is 0.296. The van der Waals surface area contributed by atoms with Gasteiger partial charge in [-0.15, -0.1) is 0 Å². The average Bonchev–Trinajstić information content (AvgIpc) is 3.28. The molecule has 0 radical (unpaired) electrons. The van der Waals surface area contributed by atoms with Crippen molar-refractivity contribution >= 4 is 10.9 Å². The second kappa shape index (κ2) is 13.7. The van der Waals surface area contributed by atoms with Crippen LogP contribution in [-0.4, -0.2) is 30.1 Å². The van der Waals surface area contributed by atoms with Gasteiger partial charge >= 0.3 is 0 Å². The van der Waals surface area contributed by atoms with Crippen LogP contribution >= 0.6 is 0 Å². The molecule has 1 aliphatic rings. The van der Waals surface area contributed by atoms with Gasteiger partial charge in [0, 0.05) is 23.1 Å². The first-order valence-electron chi connectivity index (χ1n) is 14.3. The Morgan fingerprint density at radius 1 is 0.800 bits per heavy atom. The van der Waals surface area contributed by atoms with Crippen LogP contribution < -0.4 is 4.74 Å². The normalized spacial score (nSPS) is 16.0. The largest absolute Gasteiger partial charge is 0.497 e. The first-order chi connectivity index (χ1) is 17.3. The maximum atomic E-state index is 5.43. The van der Waals surface area contributed by atoms with Gasteiger partial charge in [-0.2, -0.15) is 0 Å². The van der Waals surface area contributed by atoms with Crippen molar-refractivity contribution in [2.45, 2.75) is 96.4 Å². The minimum atomic E-state index is 0.296. The summed E-state index contributed by atoms with van der Waals surface area (Å²) >= 11 is 0. The van der Waals surface area contributed by atoms with E-state index in [1.165, 1.54) is 111 Å². The Morgan fingerprint density at radius 3 is 2.09 bits per heavy atom. The summed E-state index contributed by atoms with van der Waals surface area (Å²) in [7, 11) is 1.74. The quantitative estimate of drug-likeness (QED) is 0.223. The van der Waals surface area contributed by atoms with Crippen LogP contribution in [0.5, 0.6) is 5.75 Å². The maximum Gasteiger partial charge on any atom is 0.118 e. The van der Waals surface area contributed by atoms with Gasteiger partial charge in [0.25, 0.3) is 0 Å². The van der Waals surface area contributed by atoms with Gasteiger partial charge in [-0.3, -0.25) is 4.90 Å². The van der Waals surface area contributed by atoms with E-state index in [9.17, 15) is 0 Å². The fourth-order valence-electron chi connectivity index (χ4n) is 5.85. The number of unbranched alkanes of at least 4 members (excludes halogenated alkanes) is 11. The van der Waals surface area contributed by atoms with Crippen LogP contribution in [0.25, 0.3) is 10.9 Å². The first-order valence-corrected chi connectivity index (χ1v) is 14.3. The summed E-state index contributed by atoms with van der Waals surface area (Å²) in [6, 6.07) is 17.8. The lowest BCUT2D eigenvalue weighted by atomic mass is 9.92. The molecule has 1 atom stereocenters. The number of ether oxygens (including phenoxy) is 1. The number of aromatic amines is 1. The van der Waals surface area contributed by atoms with Crippen LogP contribution in [0.3, 0.4) is 0 Å². The Bertz CT molecular complexity index is 1010. The lowest BCUT2D eigenvalue weighted by Crippen LogP contribution is -2.36. The highest BCUT2D eigenvalue weighted by atomic mass is 16.5. The molecule has 3 nitrogen and oxygen atoms in total. The molecule has 2 aromatic carbocycles. The molecule has 0 bridgehead atoms. The Kier molecular flexibility index (Phi) is 10.1. The highest BCUT2D eigenvalue weighted by Gasteiger charge is 2.31. The SMILES string of the molecule is CCCCCCCCCCCCCCN1CCc2c([nH]c3ccccc23)C1c1ccc(OC)cc1. The molecule has 4 rings (SSSR count). The monoisotopic (exact) mass is 474 g/mol. The predicted octanol–water partition coefficient (Wildman–Crippen LogP) is 8.83. The summed E-state index contributed by atoms with van der Waals surface area (Å²) in [5.74, 6) is 0.925. The molecule has 1 unspecified atom stereocenters. The molecular weight excluding hydrogens is 428 g/mol. The summed E-state index contributed by atoms with van der Waals surface area (Å²) in [5.41, 5.74) is 5.52. The van der Waals surface area contributed by atoms with Crippen LogP contribution in [0.4, 0.5) is 0 Å². The van der Waals surface area contributed by atoms with Crippen molar-refractivity contribution in [1.82, 2.24) is 9.88 Å². The van der Waals surface area contributed by atoms with Crippen molar-refractivity contribution < 1.29 is 4.74 Å². The highest BCUT2D eigenvalue weighted by molar-refractivity contribution is 5.85. The van der Waals surface area contributed by atoms with Gasteiger partial charge < -0.3 is 9.72 Å². The molecule has 3 heteroatoms. The number of hydrogen-bond donors (Lipinski definition) is 1. The van der Waals surface area contributed by atoms with E-state index in [1.807, 2.05) is 0 Å². The molecule has 1 aromatic heterocycles. The Labute approximate surface area is 213 Å². The van der Waals surface area contributed by atoms with Gasteiger partial charge in [0.2, 0.25) is 0 Å². The fraction of sp³-hybridized carbons (Fsp3) is 0.562. The van der Waals surface area contributed by atoms with E-state index in [4.69, 9.17) is 4.74 Å². The molecule has 0 saturated heterocycles. The van der Waals surface area contributed by atoms with Crippen molar-refractivity contribution in [1.29, 1.82) is 0 Å². The van der Waals surface area contributed by atoms with E-state index < -0.39 is 0 Å². The van der Waals surface area contributed by atoms with Gasteiger partial charge in [0.05, 0.1) is 13.2 Å². The Morgan fingerprint density at radius 2 is 1.43 bits per heavy atom. The summed E-state index contributed by atoms with van der Waals surface area (Å²) in [4.78, 5) is 6.50. The standard InChI is InChI=1S/C32H46N2O/c1-3-4-5-6-7-8-9-10-11-12-13-16-24-34-25-23-29-28-17-14-15-18-30(28)33-31(29)32(34)26-19-21-27(35-2)22-20-26/h14-15,17-22,32-33H,3-13,16,23-25H2,1-2H3. The molecule has 3 aromatic rings. The predicted molar refractivity (Wildman–Crippen MR) is 149 cm³/mol. The number of nitrogens with zero attached hydrogens (tertiary/aromatic N) is 1. The van der Waals surface area contributed by atoms with Crippen molar-refractivity contribution in [3.8, 4) is 5.75 Å². The van der Waals surface area contributed by atoms with Gasteiger partial charge in [-0.25, -0.2) is 0 Å². The number of methoxy groups -OCH3 is 1. The zero-order valence-corrected chi connectivity index (χ0v) is 22.2. The van der Waals surface area contributed by atoms with E-state index in [0.29, 0.717) is 6.04 Å². The number of fused-ring (bicyclic) bond motifs is 3. The third-order valence-corrected chi connectivity index (χ3v) is 7.86. The van der Waals surface area contributed by atoms with Gasteiger partial charge in [-0.1, -0.05) is 108 Å². The van der Waals surface area contributed by atoms with Crippen LogP contribution in [0.1, 0.15) is 107 Å². The molecule has 1 N–H and O–H groups in total. The van der Waals surface area contributed by atoms with Crippen LogP contribution in [0.2, 0.25) is 0 Å². The number of H-pyrrole nitrogens is 1. The summed E-state index contributed by atoms with van der Waals surface area (Å²) < 4.78 is 5.43. The molecule has 0 aliphatic carbocycles. The van der Waals surface area contributed by atoms with Crippen molar-refractivity contribution in [3.05, 3.63) is 65.4 Å². The Hall–Kier alpha value is -2.26. The van der Waals surface area contributed by atoms with Gasteiger partial charge in [-0.05, 0) is 48.7 Å². The van der Waals surface area contributed by atoms with Crippen LogP contribution in [-0.2, 0) is 6.42 Å². The number of nitrogens with one attached hydrogen (secondary N) is 1. The topological polar surface area (TPSA) is 28.3 Å². The molecule has 2 heterocycles. The molecule has 35 heavy (non-hydrogen) atoms. The summed E-state index contributed by atoms with van der Waals surface area (Å²) in [5, 5.41) is 1.39. The maximum absolute atomic E-state index is 5.43. The minimum Gasteiger partial charge on any atom is -0.497 e. The molecule has 0 amide bonds. The first kappa shape index (κ1) is 25.8. The number of aromatic nitrogens is 1. The van der Waals surface area contributed by atoms with Crippen LogP contribution in [0, 0.1) is 0 Å². The van der Waals surface area contributed by atoms with E-state index >= 15 is 0 Å². The molecule has 1 aliphatic heterocycles. The van der Waals surface area contributed by atoms with Crippen molar-refractivity contribution in [3.63, 3.8) is 0 Å². The third kappa shape index (κ3) is 6.91. The van der Waals surface area contributed by atoms with E-state index in [-0.39, 0.29) is 0 Å². The van der Waals surface area contributed by atoms with Crippen molar-refractivity contribution in [2.24, 2.45) is 0 Å². The van der Waals surface area contributed by atoms with Crippen molar-refractivity contribution in [2.75, 3.05) is 20.2 Å². The number of benzene rings is 2. The number of hydrogen-bond acceptors (Lipinski definition) is 2. The number of rotatable bonds is 15. The zero-order chi connectivity index (χ0) is 24.3. The van der Waals surface area contributed by atoms with E-state index in [0.717, 1.165) is 18.7 Å². The lowest BCUT2D eigenvalue weighted by Gasteiger charge is -2.36. The second-order valence-corrected chi connectivity index (χ2v) is 10.4. The van der Waals surface area contributed by atoms with Crippen LogP contribution in [0.15, 0.2) is 48.5 Å². The third-order valence-electron chi connectivity index (χ3n) is 7.86. The van der Waals surface area contributed by atoms with E-state index in [2.05, 4.69) is 65.3 Å². The fourth-order valence-corrected chi connectivity index (χ4v) is 5.85. The number of para-hydroxylation sites is 1. The Balaban J connectivity index is 1.30. The van der Waals surface area contributed by atoms with Gasteiger partial charge in [0.15, 0.2) is 0 Å². The second-order valence-electron chi connectivity index (χ2n) is 10.4. The highest BCUT2D eigenvalue weighted by Crippen LogP contribution is 2.38. The molecule has 190 valence electrons. The summed E-state index contributed by atoms with van der Waals surface area (Å²) in [6.07, 6.45) is 17.9. The molecular formula is C32H46N2O.